The highest BCUT2D eigenvalue weighted by Crippen LogP contribution is 2.20. The van der Waals surface area contributed by atoms with E-state index in [1.807, 2.05) is 36.7 Å². The van der Waals surface area contributed by atoms with Gasteiger partial charge in [0.15, 0.2) is 0 Å². The smallest absolute Gasteiger partial charge is 0.255 e. The molecule has 1 amide bonds. The first-order chi connectivity index (χ1) is 11.4. The first kappa shape index (κ1) is 16.2. The van der Waals surface area contributed by atoms with Crippen LogP contribution in [-0.4, -0.2) is 15.7 Å². The van der Waals surface area contributed by atoms with Crippen LogP contribution in [-0.2, 0) is 0 Å². The van der Waals surface area contributed by atoms with Crippen LogP contribution in [0.15, 0.2) is 48.5 Å². The predicted octanol–water partition coefficient (Wildman–Crippen LogP) is 4.53. The van der Waals surface area contributed by atoms with E-state index >= 15 is 0 Å². The molecule has 0 bridgehead atoms. The summed E-state index contributed by atoms with van der Waals surface area (Å²) in [6, 6.07) is 13.1. The molecule has 122 valence electrons. The first-order valence-corrected chi connectivity index (χ1v) is 7.72. The Kier molecular flexibility index (Phi) is 4.36. The minimum Gasteiger partial charge on any atom is -0.322 e. The minimum absolute atomic E-state index is 0.0346. The summed E-state index contributed by atoms with van der Waals surface area (Å²) < 4.78 is 15.0. The zero-order chi connectivity index (χ0) is 17.3. The number of amides is 1. The van der Waals surface area contributed by atoms with Crippen molar-refractivity contribution in [3.05, 3.63) is 76.3 Å². The zero-order valence-electron chi connectivity index (χ0n) is 13.2. The number of benzene rings is 2. The molecule has 1 N–H and O–H groups in total. The number of hydrogen-bond acceptors (Lipinski definition) is 2. The highest BCUT2D eigenvalue weighted by atomic mass is 35.5. The Bertz CT molecular complexity index is 903. The number of aromatic nitrogens is 2. The highest BCUT2D eigenvalue weighted by molar-refractivity contribution is 6.31. The number of nitrogens with one attached hydrogen (secondary N) is 1. The maximum absolute atomic E-state index is 13.1. The Hall–Kier alpha value is -2.66. The molecule has 0 saturated heterocycles. The van der Waals surface area contributed by atoms with Gasteiger partial charge in [-0.2, -0.15) is 5.10 Å². The summed E-state index contributed by atoms with van der Waals surface area (Å²) in [5.74, 6) is -0.818. The lowest BCUT2D eigenvalue weighted by molar-refractivity contribution is 0.102. The Balaban J connectivity index is 1.78. The summed E-state index contributed by atoms with van der Waals surface area (Å²) in [4.78, 5) is 12.3. The van der Waals surface area contributed by atoms with Gasteiger partial charge in [0, 0.05) is 16.9 Å². The largest absolute Gasteiger partial charge is 0.322 e. The van der Waals surface area contributed by atoms with E-state index in [0.29, 0.717) is 11.3 Å². The van der Waals surface area contributed by atoms with Gasteiger partial charge in [-0.1, -0.05) is 11.6 Å². The van der Waals surface area contributed by atoms with E-state index in [1.54, 1.807) is 12.1 Å². The van der Waals surface area contributed by atoms with E-state index in [9.17, 15) is 9.18 Å². The molecule has 0 unspecified atom stereocenters. The van der Waals surface area contributed by atoms with E-state index in [0.717, 1.165) is 17.1 Å². The van der Waals surface area contributed by atoms with Gasteiger partial charge in [0.1, 0.15) is 5.82 Å². The van der Waals surface area contributed by atoms with E-state index in [-0.39, 0.29) is 10.9 Å². The molecule has 0 aliphatic heterocycles. The Morgan fingerprint density at radius 3 is 2.42 bits per heavy atom. The number of rotatable bonds is 3. The third-order valence-electron chi connectivity index (χ3n) is 3.56. The number of anilines is 1. The monoisotopic (exact) mass is 343 g/mol. The van der Waals surface area contributed by atoms with Crippen LogP contribution < -0.4 is 5.32 Å². The van der Waals surface area contributed by atoms with Crippen molar-refractivity contribution >= 4 is 23.2 Å². The van der Waals surface area contributed by atoms with Gasteiger partial charge in [0.2, 0.25) is 0 Å². The van der Waals surface area contributed by atoms with Gasteiger partial charge in [-0.15, -0.1) is 0 Å². The molecule has 3 rings (SSSR count). The third-order valence-corrected chi connectivity index (χ3v) is 3.85. The number of nitrogens with zero attached hydrogens (tertiary/aromatic N) is 2. The number of carbonyl (C=O) groups is 1. The average Bonchev–Trinajstić information content (AvgIpc) is 2.89. The summed E-state index contributed by atoms with van der Waals surface area (Å²) in [5, 5.41) is 7.06. The molecule has 0 fully saturated rings. The van der Waals surface area contributed by atoms with Gasteiger partial charge >= 0.3 is 0 Å². The summed E-state index contributed by atoms with van der Waals surface area (Å²) in [7, 11) is 0. The Morgan fingerprint density at radius 1 is 1.12 bits per heavy atom. The maximum Gasteiger partial charge on any atom is 0.255 e. The molecule has 0 atom stereocenters. The molecule has 1 aromatic heterocycles. The van der Waals surface area contributed by atoms with Crippen molar-refractivity contribution in [3.63, 3.8) is 0 Å². The molecule has 1 heterocycles. The molecule has 2 aromatic carbocycles. The quantitative estimate of drug-likeness (QED) is 0.759. The highest BCUT2D eigenvalue weighted by Gasteiger charge is 2.09. The molecule has 6 heteroatoms. The van der Waals surface area contributed by atoms with Gasteiger partial charge in [0.05, 0.1) is 16.4 Å². The molecule has 3 aromatic rings. The number of halogens is 2. The van der Waals surface area contributed by atoms with E-state index in [1.165, 1.54) is 18.2 Å². The molecule has 0 saturated carbocycles. The average molecular weight is 344 g/mol. The van der Waals surface area contributed by atoms with Gasteiger partial charge in [0.25, 0.3) is 5.91 Å². The summed E-state index contributed by atoms with van der Waals surface area (Å²) in [5.41, 5.74) is 3.75. The summed E-state index contributed by atoms with van der Waals surface area (Å²) >= 11 is 5.71. The molecule has 24 heavy (non-hydrogen) atoms. The van der Waals surface area contributed by atoms with Crippen LogP contribution in [0.2, 0.25) is 5.02 Å². The van der Waals surface area contributed by atoms with Crippen molar-refractivity contribution in [2.75, 3.05) is 5.32 Å². The fourth-order valence-corrected chi connectivity index (χ4v) is 2.60. The second-order valence-electron chi connectivity index (χ2n) is 5.47. The van der Waals surface area contributed by atoms with Gasteiger partial charge in [-0.05, 0) is 62.4 Å². The fraction of sp³-hybridized carbons (Fsp3) is 0.111. The third kappa shape index (κ3) is 3.31. The van der Waals surface area contributed by atoms with Gasteiger partial charge < -0.3 is 5.32 Å². The molecular weight excluding hydrogens is 329 g/mol. The first-order valence-electron chi connectivity index (χ1n) is 7.34. The van der Waals surface area contributed by atoms with Crippen molar-refractivity contribution in [2.24, 2.45) is 0 Å². The fourth-order valence-electron chi connectivity index (χ4n) is 2.42. The van der Waals surface area contributed by atoms with Crippen LogP contribution in [0.1, 0.15) is 21.7 Å². The standard InChI is InChI=1S/C18H15ClFN3O/c1-11-9-12(2)23(22-11)15-6-3-13(4-7-15)18(24)21-14-5-8-17(20)16(19)10-14/h3-10H,1-2H3,(H,21,24). The SMILES string of the molecule is Cc1cc(C)n(-c2ccc(C(=O)Nc3ccc(F)c(Cl)c3)cc2)n1. The van der Waals surface area contributed by atoms with Crippen LogP contribution in [0.4, 0.5) is 10.1 Å². The molecule has 0 spiro atoms. The van der Waals surface area contributed by atoms with Crippen molar-refractivity contribution < 1.29 is 9.18 Å². The second-order valence-corrected chi connectivity index (χ2v) is 5.88. The van der Waals surface area contributed by atoms with Crippen molar-refractivity contribution in [1.82, 2.24) is 9.78 Å². The molecule has 4 nitrogen and oxygen atoms in total. The van der Waals surface area contributed by atoms with E-state index < -0.39 is 5.82 Å². The Labute approximate surface area is 143 Å². The lowest BCUT2D eigenvalue weighted by Gasteiger charge is -2.08. The molecule has 0 aliphatic carbocycles. The number of carbonyl (C=O) groups excluding carboxylic acids is 1. The summed E-state index contributed by atoms with van der Waals surface area (Å²) in [6.07, 6.45) is 0. The normalized spacial score (nSPS) is 10.7. The van der Waals surface area contributed by atoms with Crippen LogP contribution in [0.3, 0.4) is 0 Å². The topological polar surface area (TPSA) is 46.9 Å². The molecule has 0 aliphatic rings. The van der Waals surface area contributed by atoms with Crippen molar-refractivity contribution in [1.29, 1.82) is 0 Å². The van der Waals surface area contributed by atoms with Gasteiger partial charge in [-0.3, -0.25) is 4.79 Å². The molecular formula is C18H15ClFN3O. The number of hydrogen-bond donors (Lipinski definition) is 1. The van der Waals surface area contributed by atoms with Crippen molar-refractivity contribution in [2.45, 2.75) is 13.8 Å². The van der Waals surface area contributed by atoms with Crippen molar-refractivity contribution in [3.8, 4) is 5.69 Å². The van der Waals surface area contributed by atoms with E-state index in [4.69, 9.17) is 11.6 Å². The van der Waals surface area contributed by atoms with Crippen LogP contribution in [0.5, 0.6) is 0 Å². The van der Waals surface area contributed by atoms with Crippen LogP contribution in [0.25, 0.3) is 5.69 Å². The zero-order valence-corrected chi connectivity index (χ0v) is 13.9. The van der Waals surface area contributed by atoms with E-state index in [2.05, 4.69) is 10.4 Å². The minimum atomic E-state index is -0.524. The number of aryl methyl sites for hydroxylation is 2. The van der Waals surface area contributed by atoms with Crippen LogP contribution in [0, 0.1) is 19.7 Å². The maximum atomic E-state index is 13.1. The second kappa shape index (κ2) is 6.45. The van der Waals surface area contributed by atoms with Gasteiger partial charge in [-0.25, -0.2) is 9.07 Å². The Morgan fingerprint density at radius 2 is 1.83 bits per heavy atom. The predicted molar refractivity (Wildman–Crippen MR) is 92.4 cm³/mol. The lowest BCUT2D eigenvalue weighted by Crippen LogP contribution is -2.12. The van der Waals surface area contributed by atoms with Crippen LogP contribution >= 0.6 is 11.6 Å². The molecule has 0 radical (unpaired) electrons. The summed E-state index contributed by atoms with van der Waals surface area (Å²) in [6.45, 7) is 3.90. The lowest BCUT2D eigenvalue weighted by atomic mass is 10.2.